The van der Waals surface area contributed by atoms with E-state index in [1.807, 2.05) is 0 Å². The fraction of sp³-hybridized carbons (Fsp3) is 0.286. The summed E-state index contributed by atoms with van der Waals surface area (Å²) in [5, 5.41) is 58.8. The molecule has 0 amide bonds. The Morgan fingerprint density at radius 1 is 0.500 bits per heavy atom. The molecule has 0 radical (unpaired) electrons. The van der Waals surface area contributed by atoms with E-state index < -0.39 is 95.3 Å². The van der Waals surface area contributed by atoms with E-state index in [4.69, 9.17) is 0 Å². The van der Waals surface area contributed by atoms with Crippen molar-refractivity contribution in [2.75, 3.05) is 0 Å². The highest BCUT2D eigenvalue weighted by molar-refractivity contribution is 6.88. The summed E-state index contributed by atoms with van der Waals surface area (Å²) < 4.78 is 91.3. The summed E-state index contributed by atoms with van der Waals surface area (Å²) in [5.41, 5.74) is -13.1. The van der Waals surface area contributed by atoms with E-state index in [0.717, 1.165) is 0 Å². The number of halogens is 6. The van der Waals surface area contributed by atoms with Crippen molar-refractivity contribution in [2.24, 2.45) is 0 Å². The molecule has 0 bridgehead atoms. The standard InChI is InChI=1S/C28H18F6N6Si2/c1-41(2,3)25-15(11-39)19-21(17(25)13(7-35)8-36)24(28(32,33)34)20-16(12-40)26(42(4,5)6)18(14(9-37)10-38)22(20)23(19)27(29,30)31/h1-6H3. The molecule has 1 aromatic carbocycles. The maximum Gasteiger partial charge on any atom is 0.417 e. The van der Waals surface area contributed by atoms with Crippen molar-refractivity contribution in [1.82, 2.24) is 0 Å². The van der Waals surface area contributed by atoms with Crippen LogP contribution in [0.25, 0.3) is 22.3 Å². The zero-order valence-corrected chi connectivity index (χ0v) is 25.0. The van der Waals surface area contributed by atoms with Gasteiger partial charge < -0.3 is 0 Å². The molecule has 0 aromatic heterocycles. The molecule has 210 valence electrons. The number of alkyl halides is 6. The first-order chi connectivity index (χ1) is 19.2. The number of fused-ring (bicyclic) bond motifs is 2. The van der Waals surface area contributed by atoms with Crippen molar-refractivity contribution in [3.8, 4) is 36.4 Å². The largest absolute Gasteiger partial charge is 0.417 e. The van der Waals surface area contributed by atoms with Gasteiger partial charge in [0.1, 0.15) is 35.4 Å². The van der Waals surface area contributed by atoms with Gasteiger partial charge in [0, 0.05) is 33.4 Å². The molecule has 14 heteroatoms. The van der Waals surface area contributed by atoms with Crippen LogP contribution in [0.4, 0.5) is 26.3 Å². The molecule has 6 nitrogen and oxygen atoms in total. The van der Waals surface area contributed by atoms with E-state index in [-0.39, 0.29) is 10.4 Å². The number of benzene rings is 1. The molecule has 0 N–H and O–H groups in total. The summed E-state index contributed by atoms with van der Waals surface area (Å²) in [6.45, 7) is 9.20. The second-order valence-electron chi connectivity index (χ2n) is 11.4. The molecule has 0 fully saturated rings. The van der Waals surface area contributed by atoms with Gasteiger partial charge in [0.25, 0.3) is 0 Å². The third-order valence-electron chi connectivity index (χ3n) is 6.74. The van der Waals surface area contributed by atoms with Crippen molar-refractivity contribution < 1.29 is 26.3 Å². The van der Waals surface area contributed by atoms with Crippen LogP contribution < -0.4 is 0 Å². The monoisotopic (exact) mass is 608 g/mol. The lowest BCUT2D eigenvalue weighted by Crippen LogP contribution is -2.25. The summed E-state index contributed by atoms with van der Waals surface area (Å²) in [6.07, 6.45) is -11.0. The molecule has 0 unspecified atom stereocenters. The van der Waals surface area contributed by atoms with Gasteiger partial charge in [0.05, 0.1) is 50.6 Å². The zero-order chi connectivity index (χ0) is 32.3. The Bertz CT molecular complexity index is 1700. The van der Waals surface area contributed by atoms with E-state index in [1.54, 1.807) is 12.1 Å². The Morgan fingerprint density at radius 3 is 0.929 bits per heavy atom. The first kappa shape index (κ1) is 31.7. The topological polar surface area (TPSA) is 143 Å². The van der Waals surface area contributed by atoms with Gasteiger partial charge >= 0.3 is 12.4 Å². The molecule has 0 saturated heterocycles. The van der Waals surface area contributed by atoms with Gasteiger partial charge in [-0.05, 0) is 10.4 Å². The number of nitriles is 6. The average Bonchev–Trinajstić information content (AvgIpc) is 3.36. The lowest BCUT2D eigenvalue weighted by Gasteiger charge is -2.25. The molecule has 42 heavy (non-hydrogen) atoms. The van der Waals surface area contributed by atoms with E-state index in [9.17, 15) is 31.6 Å². The van der Waals surface area contributed by atoms with Gasteiger partial charge in [-0.15, -0.1) is 0 Å². The number of nitrogens with zero attached hydrogens (tertiary/aromatic N) is 6. The van der Waals surface area contributed by atoms with Crippen LogP contribution in [0, 0.1) is 68.0 Å². The molecule has 0 saturated carbocycles. The smallest absolute Gasteiger partial charge is 0.192 e. The van der Waals surface area contributed by atoms with Crippen LogP contribution in [0.1, 0.15) is 33.4 Å². The Morgan fingerprint density at radius 2 is 0.762 bits per heavy atom. The van der Waals surface area contributed by atoms with Crippen LogP contribution in [0.2, 0.25) is 39.3 Å². The normalized spacial score (nSPS) is 14.7. The van der Waals surface area contributed by atoms with Crippen molar-refractivity contribution >= 4 is 38.4 Å². The summed E-state index contributed by atoms with van der Waals surface area (Å²) >= 11 is 0. The predicted molar refractivity (Wildman–Crippen MR) is 144 cm³/mol. The first-order valence-corrected chi connectivity index (χ1v) is 19.0. The van der Waals surface area contributed by atoms with Gasteiger partial charge in [-0.1, -0.05) is 39.3 Å². The van der Waals surface area contributed by atoms with E-state index in [1.165, 1.54) is 63.6 Å². The van der Waals surface area contributed by atoms with E-state index >= 15 is 26.3 Å². The van der Waals surface area contributed by atoms with Crippen molar-refractivity contribution in [1.29, 1.82) is 31.6 Å². The van der Waals surface area contributed by atoms with Gasteiger partial charge in [-0.25, -0.2) is 0 Å². The van der Waals surface area contributed by atoms with Gasteiger partial charge in [0.2, 0.25) is 0 Å². The first-order valence-electron chi connectivity index (χ1n) is 12.0. The third-order valence-corrected chi connectivity index (χ3v) is 10.7. The average molecular weight is 609 g/mol. The van der Waals surface area contributed by atoms with Crippen LogP contribution in [-0.4, -0.2) is 16.1 Å². The summed E-state index contributed by atoms with van der Waals surface area (Å²) in [5.74, 6) is 0. The van der Waals surface area contributed by atoms with Crippen LogP contribution in [0.5, 0.6) is 0 Å². The fourth-order valence-corrected chi connectivity index (χ4v) is 9.43. The minimum atomic E-state index is -5.48. The van der Waals surface area contributed by atoms with Crippen molar-refractivity contribution in [3.63, 3.8) is 0 Å². The number of rotatable bonds is 2. The predicted octanol–water partition coefficient (Wildman–Crippen LogP) is 7.66. The molecule has 2 aliphatic carbocycles. The van der Waals surface area contributed by atoms with Gasteiger partial charge in [-0.3, -0.25) is 0 Å². The molecular formula is C28H18F6N6Si2. The highest BCUT2D eigenvalue weighted by atomic mass is 28.3. The molecule has 2 aliphatic rings. The SMILES string of the molecule is C[Si](C)(C)C1=C(C#N)c2c(c(C(F)(F)F)c3c(c2C(F)(F)F)C(=C(C#N)C#N)C([Si](C)(C)C)=C3C#N)C1=C(C#N)C#N. The molecule has 3 rings (SSSR count). The highest BCUT2D eigenvalue weighted by Crippen LogP contribution is 2.61. The van der Waals surface area contributed by atoms with Crippen LogP contribution in [0.3, 0.4) is 0 Å². The number of allylic oxidation sites excluding steroid dienone is 8. The third kappa shape index (κ3) is 4.52. The molecule has 0 heterocycles. The Hall–Kier alpha value is -4.87. The lowest BCUT2D eigenvalue weighted by molar-refractivity contribution is -0.141. The van der Waals surface area contributed by atoms with Crippen LogP contribution in [-0.2, 0) is 12.4 Å². The minimum absolute atomic E-state index is 0.253. The second kappa shape index (κ2) is 9.90. The molecule has 0 aliphatic heterocycles. The zero-order valence-electron chi connectivity index (χ0n) is 23.0. The maximum atomic E-state index is 15.2. The van der Waals surface area contributed by atoms with E-state index in [2.05, 4.69) is 0 Å². The molecule has 1 aromatic rings. The highest BCUT2D eigenvalue weighted by Gasteiger charge is 2.55. The van der Waals surface area contributed by atoms with Crippen LogP contribution in [0.15, 0.2) is 21.5 Å². The minimum Gasteiger partial charge on any atom is -0.192 e. The Kier molecular flexibility index (Phi) is 7.46. The quantitative estimate of drug-likeness (QED) is 0.192. The Labute approximate surface area is 239 Å². The second-order valence-corrected chi connectivity index (χ2v) is 21.4. The number of hydrogen-bond donors (Lipinski definition) is 0. The van der Waals surface area contributed by atoms with Crippen LogP contribution >= 0.6 is 0 Å². The Balaban J connectivity index is 3.08. The van der Waals surface area contributed by atoms with Gasteiger partial charge in [-0.2, -0.15) is 57.9 Å². The summed E-state index contributed by atoms with van der Waals surface area (Å²) in [7, 11) is -6.20. The molecule has 0 spiro atoms. The summed E-state index contributed by atoms with van der Waals surface area (Å²) in [6, 6.07) is 9.11. The number of hydrogen-bond acceptors (Lipinski definition) is 6. The van der Waals surface area contributed by atoms with Gasteiger partial charge in [0.15, 0.2) is 0 Å². The molecule has 0 atom stereocenters. The summed E-state index contributed by atoms with van der Waals surface area (Å²) in [4.78, 5) is 0. The van der Waals surface area contributed by atoms with Crippen molar-refractivity contribution in [2.45, 2.75) is 51.6 Å². The fourth-order valence-electron chi connectivity index (χ4n) is 5.56. The lowest BCUT2D eigenvalue weighted by atomic mass is 9.82. The maximum absolute atomic E-state index is 15.2. The van der Waals surface area contributed by atoms with Crippen molar-refractivity contribution in [3.05, 3.63) is 54.9 Å². The van der Waals surface area contributed by atoms with E-state index in [0.29, 0.717) is 0 Å². The molecular weight excluding hydrogens is 591 g/mol.